The van der Waals surface area contributed by atoms with Crippen LogP contribution in [0.1, 0.15) is 13.8 Å². The highest BCUT2D eigenvalue weighted by atomic mass is 79.9. The Kier molecular flexibility index (Phi) is 3.87. The molecule has 0 radical (unpaired) electrons. The van der Waals surface area contributed by atoms with Crippen LogP contribution >= 0.6 is 15.9 Å². The minimum atomic E-state index is -0.303. The molecule has 1 heterocycles. The summed E-state index contributed by atoms with van der Waals surface area (Å²) in [4.78, 5) is 16.2. The van der Waals surface area contributed by atoms with Gasteiger partial charge in [-0.1, -0.05) is 22.0 Å². The number of rotatable bonds is 2. The zero-order valence-electron chi connectivity index (χ0n) is 11.6. The van der Waals surface area contributed by atoms with Gasteiger partial charge in [-0.15, -0.1) is 0 Å². The number of halogens is 1. The van der Waals surface area contributed by atoms with Gasteiger partial charge < -0.3 is 15.5 Å². The van der Waals surface area contributed by atoms with Gasteiger partial charge in [0.05, 0.1) is 5.54 Å². The van der Waals surface area contributed by atoms with E-state index in [1.54, 1.807) is 4.90 Å². The van der Waals surface area contributed by atoms with Gasteiger partial charge in [-0.3, -0.25) is 4.79 Å². The van der Waals surface area contributed by atoms with Gasteiger partial charge in [0.15, 0.2) is 0 Å². The van der Waals surface area contributed by atoms with Crippen molar-refractivity contribution in [1.82, 2.24) is 4.90 Å². The fourth-order valence-electron chi connectivity index (χ4n) is 2.88. The Bertz CT molecular complexity index is 489. The summed E-state index contributed by atoms with van der Waals surface area (Å²) in [5.74, 6) is 0.0850. The predicted molar refractivity (Wildman–Crippen MR) is 81.2 cm³/mol. The number of carbonyl (C=O) groups is 1. The van der Waals surface area contributed by atoms with Crippen LogP contribution in [-0.2, 0) is 4.79 Å². The van der Waals surface area contributed by atoms with Gasteiger partial charge >= 0.3 is 0 Å². The maximum Gasteiger partial charge on any atom is 0.246 e. The van der Waals surface area contributed by atoms with Crippen LogP contribution in [0.4, 0.5) is 5.69 Å². The van der Waals surface area contributed by atoms with Crippen LogP contribution in [0.3, 0.4) is 0 Å². The van der Waals surface area contributed by atoms with Crippen molar-refractivity contribution in [2.24, 2.45) is 5.73 Å². The van der Waals surface area contributed by atoms with Crippen molar-refractivity contribution in [3.05, 3.63) is 28.7 Å². The lowest BCUT2D eigenvalue weighted by Crippen LogP contribution is -2.68. The van der Waals surface area contributed by atoms with Crippen LogP contribution in [0.15, 0.2) is 28.7 Å². The van der Waals surface area contributed by atoms with Gasteiger partial charge in [0, 0.05) is 30.3 Å². The molecule has 2 N–H and O–H groups in total. The standard InChI is InChI=1S/C14H20BrN3O/c1-14(2)9-17(3)13(19)12(8-16)18(14)11-6-4-5-10(15)7-11/h4-7,12H,8-9,16H2,1-3H3. The molecule has 4 nitrogen and oxygen atoms in total. The molecular weight excluding hydrogens is 306 g/mol. The minimum absolute atomic E-state index is 0.0850. The third-order valence-electron chi connectivity index (χ3n) is 3.56. The summed E-state index contributed by atoms with van der Waals surface area (Å²) in [6.07, 6.45) is 0. The molecule has 1 unspecified atom stereocenters. The summed E-state index contributed by atoms with van der Waals surface area (Å²) in [5.41, 5.74) is 6.72. The average Bonchev–Trinajstić information content (AvgIpc) is 2.32. The molecule has 1 amide bonds. The van der Waals surface area contributed by atoms with Crippen LogP contribution in [0.5, 0.6) is 0 Å². The molecule has 0 saturated carbocycles. The lowest BCUT2D eigenvalue weighted by Gasteiger charge is -2.51. The second-order valence-corrected chi connectivity index (χ2v) is 6.52. The molecule has 19 heavy (non-hydrogen) atoms. The molecule has 0 aromatic heterocycles. The van der Waals surface area contributed by atoms with E-state index in [1.165, 1.54) is 0 Å². The first kappa shape index (κ1) is 14.3. The van der Waals surface area contributed by atoms with Crippen LogP contribution in [-0.4, -0.2) is 42.5 Å². The lowest BCUT2D eigenvalue weighted by atomic mass is 9.93. The molecule has 0 spiro atoms. The highest BCUT2D eigenvalue weighted by molar-refractivity contribution is 9.10. The first-order chi connectivity index (χ1) is 8.86. The van der Waals surface area contributed by atoms with E-state index in [4.69, 9.17) is 5.73 Å². The van der Waals surface area contributed by atoms with E-state index < -0.39 is 0 Å². The SMILES string of the molecule is CN1CC(C)(C)N(c2cccc(Br)c2)C(CN)C1=O. The number of carbonyl (C=O) groups excluding carboxylic acids is 1. The number of hydrogen-bond acceptors (Lipinski definition) is 3. The van der Waals surface area contributed by atoms with E-state index in [2.05, 4.69) is 34.7 Å². The Labute approximate surface area is 122 Å². The number of nitrogens with zero attached hydrogens (tertiary/aromatic N) is 2. The van der Waals surface area contributed by atoms with Gasteiger partial charge in [0.25, 0.3) is 0 Å². The normalized spacial score (nSPS) is 22.8. The Hall–Kier alpha value is -1.07. The second-order valence-electron chi connectivity index (χ2n) is 5.61. The topological polar surface area (TPSA) is 49.6 Å². The second kappa shape index (κ2) is 5.13. The molecule has 0 bridgehead atoms. The summed E-state index contributed by atoms with van der Waals surface area (Å²) in [6.45, 7) is 5.28. The predicted octanol–water partition coefficient (Wildman–Crippen LogP) is 1.83. The van der Waals surface area contributed by atoms with Crippen molar-refractivity contribution in [2.45, 2.75) is 25.4 Å². The molecule has 1 aliphatic rings. The highest BCUT2D eigenvalue weighted by Gasteiger charge is 2.43. The van der Waals surface area contributed by atoms with Gasteiger partial charge in [0.1, 0.15) is 6.04 Å². The zero-order chi connectivity index (χ0) is 14.2. The van der Waals surface area contributed by atoms with Gasteiger partial charge in [-0.05, 0) is 32.0 Å². The number of piperazine rings is 1. The average molecular weight is 326 g/mol. The van der Waals surface area contributed by atoms with Crippen molar-refractivity contribution in [3.8, 4) is 0 Å². The number of nitrogens with two attached hydrogens (primary N) is 1. The van der Waals surface area contributed by atoms with Gasteiger partial charge in [0.2, 0.25) is 5.91 Å². The molecule has 1 aliphatic heterocycles. The molecule has 1 atom stereocenters. The molecule has 2 rings (SSSR count). The molecule has 1 fully saturated rings. The molecule has 1 aromatic carbocycles. The quantitative estimate of drug-likeness (QED) is 0.902. The van der Waals surface area contributed by atoms with Gasteiger partial charge in [-0.2, -0.15) is 0 Å². The Morgan fingerprint density at radius 1 is 1.47 bits per heavy atom. The van der Waals surface area contributed by atoms with E-state index >= 15 is 0 Å². The lowest BCUT2D eigenvalue weighted by molar-refractivity contribution is -0.134. The van der Waals surface area contributed by atoms with E-state index in [0.717, 1.165) is 10.2 Å². The van der Waals surface area contributed by atoms with E-state index in [-0.39, 0.29) is 17.5 Å². The number of hydrogen-bond donors (Lipinski definition) is 1. The molecule has 104 valence electrons. The summed E-state index contributed by atoms with van der Waals surface area (Å²) in [5, 5.41) is 0. The minimum Gasteiger partial charge on any atom is -0.351 e. The van der Waals surface area contributed by atoms with Crippen LogP contribution < -0.4 is 10.6 Å². The van der Waals surface area contributed by atoms with Crippen molar-refractivity contribution >= 4 is 27.5 Å². The maximum atomic E-state index is 12.3. The summed E-state index contributed by atoms with van der Waals surface area (Å²) < 4.78 is 1.00. The Morgan fingerprint density at radius 3 is 2.74 bits per heavy atom. The molecule has 1 aromatic rings. The number of benzene rings is 1. The van der Waals surface area contributed by atoms with Crippen LogP contribution in [0.25, 0.3) is 0 Å². The van der Waals surface area contributed by atoms with Crippen molar-refractivity contribution in [2.75, 3.05) is 25.0 Å². The monoisotopic (exact) mass is 325 g/mol. The van der Waals surface area contributed by atoms with Crippen molar-refractivity contribution < 1.29 is 4.79 Å². The molecule has 1 saturated heterocycles. The third kappa shape index (κ3) is 2.62. The fourth-order valence-corrected chi connectivity index (χ4v) is 3.27. The van der Waals surface area contributed by atoms with E-state index in [1.807, 2.05) is 31.3 Å². The molecule has 0 aliphatic carbocycles. The summed E-state index contributed by atoms with van der Waals surface area (Å²) >= 11 is 3.48. The largest absolute Gasteiger partial charge is 0.351 e. The molecule has 5 heteroatoms. The number of likely N-dealkylation sites (N-methyl/N-ethyl adjacent to an activating group) is 1. The van der Waals surface area contributed by atoms with Crippen LogP contribution in [0.2, 0.25) is 0 Å². The third-order valence-corrected chi connectivity index (χ3v) is 4.05. The summed E-state index contributed by atoms with van der Waals surface area (Å²) in [7, 11) is 1.84. The number of anilines is 1. The van der Waals surface area contributed by atoms with E-state index in [9.17, 15) is 4.79 Å². The van der Waals surface area contributed by atoms with Crippen molar-refractivity contribution in [3.63, 3.8) is 0 Å². The first-order valence-corrected chi connectivity index (χ1v) is 7.16. The summed E-state index contributed by atoms with van der Waals surface area (Å²) in [6, 6.07) is 7.71. The van der Waals surface area contributed by atoms with Crippen molar-refractivity contribution in [1.29, 1.82) is 0 Å². The number of amides is 1. The molecular formula is C14H20BrN3O. The fraction of sp³-hybridized carbons (Fsp3) is 0.500. The van der Waals surface area contributed by atoms with Crippen LogP contribution in [0, 0.1) is 0 Å². The zero-order valence-corrected chi connectivity index (χ0v) is 13.1. The highest BCUT2D eigenvalue weighted by Crippen LogP contribution is 2.32. The smallest absolute Gasteiger partial charge is 0.246 e. The Balaban J connectivity index is 2.47. The first-order valence-electron chi connectivity index (χ1n) is 6.37. The Morgan fingerprint density at radius 2 is 2.16 bits per heavy atom. The van der Waals surface area contributed by atoms with E-state index in [0.29, 0.717) is 13.1 Å². The maximum absolute atomic E-state index is 12.3. The van der Waals surface area contributed by atoms with Gasteiger partial charge in [-0.25, -0.2) is 0 Å².